The minimum atomic E-state index is 0.148. The second kappa shape index (κ2) is 9.66. The van der Waals surface area contributed by atoms with E-state index < -0.39 is 0 Å². The normalized spacial score (nSPS) is 23.5. The van der Waals surface area contributed by atoms with Gasteiger partial charge >= 0.3 is 0 Å². The summed E-state index contributed by atoms with van der Waals surface area (Å²) in [7, 11) is 0. The highest BCUT2D eigenvalue weighted by Crippen LogP contribution is 2.12. The Balaban J connectivity index is 2.34. The van der Waals surface area contributed by atoms with E-state index in [0.717, 1.165) is 52.6 Å². The Morgan fingerprint density at radius 2 is 1.21 bits per heavy atom. The Hall–Kier alpha value is -0.200. The van der Waals surface area contributed by atoms with Crippen LogP contribution in [0.15, 0.2) is 0 Å². The van der Waals surface area contributed by atoms with Crippen LogP contribution in [0.5, 0.6) is 0 Å². The van der Waals surface area contributed by atoms with Crippen molar-refractivity contribution in [1.82, 2.24) is 10.2 Å². The maximum atomic E-state index is 5.65. The monoisotopic (exact) mass is 274 g/mol. The van der Waals surface area contributed by atoms with Crippen LogP contribution in [-0.4, -0.2) is 76.3 Å². The zero-order valence-electron chi connectivity index (χ0n) is 12.7. The second-order valence-corrected chi connectivity index (χ2v) is 5.74. The van der Waals surface area contributed by atoms with Crippen LogP contribution in [0.1, 0.15) is 20.8 Å². The highest BCUT2D eigenvalue weighted by atomic mass is 16.5. The standard InChI is InChI=1S/C14H30N2O3/c1-14(2,3)16-6-10-17-8-4-15-5-9-18-12-13-19-11-7-16/h15H,4-13H2,1-3H3. The molecule has 19 heavy (non-hydrogen) atoms. The lowest BCUT2D eigenvalue weighted by Gasteiger charge is -2.35. The van der Waals surface area contributed by atoms with Crippen LogP contribution in [0.25, 0.3) is 0 Å². The summed E-state index contributed by atoms with van der Waals surface area (Å²) in [6.45, 7) is 14.7. The van der Waals surface area contributed by atoms with Crippen molar-refractivity contribution in [3.8, 4) is 0 Å². The Bertz CT molecular complexity index is 203. The summed E-state index contributed by atoms with van der Waals surface area (Å²) < 4.78 is 16.7. The molecular formula is C14H30N2O3. The van der Waals surface area contributed by atoms with Crippen molar-refractivity contribution in [3.05, 3.63) is 0 Å². The number of ether oxygens (including phenoxy) is 3. The first-order chi connectivity index (χ1) is 9.11. The highest BCUT2D eigenvalue weighted by molar-refractivity contribution is 4.75. The number of nitrogens with one attached hydrogen (secondary N) is 1. The van der Waals surface area contributed by atoms with Gasteiger partial charge in [-0.3, -0.25) is 4.90 Å². The molecule has 0 radical (unpaired) electrons. The summed E-state index contributed by atoms with van der Waals surface area (Å²) in [6.07, 6.45) is 0. The largest absolute Gasteiger partial charge is 0.379 e. The molecule has 1 fully saturated rings. The molecule has 1 aliphatic rings. The summed E-state index contributed by atoms with van der Waals surface area (Å²) in [5.41, 5.74) is 0.148. The molecule has 0 spiro atoms. The molecule has 1 aliphatic heterocycles. The van der Waals surface area contributed by atoms with Crippen LogP contribution in [0, 0.1) is 0 Å². The summed E-state index contributed by atoms with van der Waals surface area (Å²) in [5, 5.41) is 3.29. The van der Waals surface area contributed by atoms with E-state index in [1.165, 1.54) is 0 Å². The molecule has 1 heterocycles. The number of hydrogen-bond donors (Lipinski definition) is 1. The smallest absolute Gasteiger partial charge is 0.0701 e. The minimum absolute atomic E-state index is 0.148. The average molecular weight is 274 g/mol. The molecule has 5 heteroatoms. The molecule has 0 amide bonds. The number of rotatable bonds is 0. The van der Waals surface area contributed by atoms with Crippen molar-refractivity contribution in [3.63, 3.8) is 0 Å². The van der Waals surface area contributed by atoms with Gasteiger partial charge in [0.1, 0.15) is 0 Å². The fraction of sp³-hybridized carbons (Fsp3) is 1.00. The molecule has 1 saturated heterocycles. The summed E-state index contributed by atoms with van der Waals surface area (Å²) >= 11 is 0. The first-order valence-corrected chi connectivity index (χ1v) is 7.30. The molecule has 1 rings (SSSR count). The molecule has 0 aliphatic carbocycles. The minimum Gasteiger partial charge on any atom is -0.379 e. The van der Waals surface area contributed by atoms with E-state index in [1.54, 1.807) is 0 Å². The average Bonchev–Trinajstić information content (AvgIpc) is 2.35. The Morgan fingerprint density at radius 3 is 1.74 bits per heavy atom. The van der Waals surface area contributed by atoms with Gasteiger partial charge in [-0.2, -0.15) is 0 Å². The van der Waals surface area contributed by atoms with Crippen LogP contribution < -0.4 is 5.32 Å². The fourth-order valence-corrected chi connectivity index (χ4v) is 1.97. The molecule has 5 nitrogen and oxygen atoms in total. The Morgan fingerprint density at radius 1 is 0.737 bits per heavy atom. The Labute approximate surface area is 117 Å². The van der Waals surface area contributed by atoms with Gasteiger partial charge in [-0.1, -0.05) is 0 Å². The lowest BCUT2D eigenvalue weighted by Crippen LogP contribution is -2.45. The summed E-state index contributed by atoms with van der Waals surface area (Å²) in [4.78, 5) is 2.40. The van der Waals surface area contributed by atoms with Crippen molar-refractivity contribution in [1.29, 1.82) is 0 Å². The van der Waals surface area contributed by atoms with E-state index in [0.29, 0.717) is 13.2 Å². The van der Waals surface area contributed by atoms with Crippen molar-refractivity contribution in [2.75, 3.05) is 65.8 Å². The second-order valence-electron chi connectivity index (χ2n) is 5.74. The molecular weight excluding hydrogens is 244 g/mol. The molecule has 0 saturated carbocycles. The van der Waals surface area contributed by atoms with Crippen LogP contribution in [0.4, 0.5) is 0 Å². The highest BCUT2D eigenvalue weighted by Gasteiger charge is 2.20. The predicted molar refractivity (Wildman–Crippen MR) is 76.7 cm³/mol. The number of nitrogens with zero attached hydrogens (tertiary/aromatic N) is 1. The first kappa shape index (κ1) is 16.9. The summed E-state index contributed by atoms with van der Waals surface area (Å²) in [6, 6.07) is 0. The molecule has 0 atom stereocenters. The van der Waals surface area contributed by atoms with Crippen LogP contribution in [0.2, 0.25) is 0 Å². The maximum Gasteiger partial charge on any atom is 0.0701 e. The van der Waals surface area contributed by atoms with Gasteiger partial charge in [0.25, 0.3) is 0 Å². The third-order valence-corrected chi connectivity index (χ3v) is 3.18. The van der Waals surface area contributed by atoms with Gasteiger partial charge in [-0.15, -0.1) is 0 Å². The molecule has 0 unspecified atom stereocenters. The van der Waals surface area contributed by atoms with Gasteiger partial charge in [-0.05, 0) is 20.8 Å². The molecule has 0 aromatic rings. The zero-order chi connectivity index (χ0) is 14.0. The molecule has 114 valence electrons. The van der Waals surface area contributed by atoms with E-state index in [4.69, 9.17) is 14.2 Å². The van der Waals surface area contributed by atoms with E-state index in [2.05, 4.69) is 31.0 Å². The Kier molecular flexibility index (Phi) is 8.57. The molecule has 0 aromatic carbocycles. The third-order valence-electron chi connectivity index (χ3n) is 3.18. The van der Waals surface area contributed by atoms with E-state index >= 15 is 0 Å². The van der Waals surface area contributed by atoms with Gasteiger partial charge in [0, 0.05) is 31.7 Å². The first-order valence-electron chi connectivity index (χ1n) is 7.30. The van der Waals surface area contributed by atoms with Gasteiger partial charge in [0.15, 0.2) is 0 Å². The lowest BCUT2D eigenvalue weighted by atomic mass is 10.1. The van der Waals surface area contributed by atoms with E-state index in [-0.39, 0.29) is 5.54 Å². The van der Waals surface area contributed by atoms with Crippen LogP contribution >= 0.6 is 0 Å². The number of hydrogen-bond acceptors (Lipinski definition) is 5. The third kappa shape index (κ3) is 8.55. The maximum absolute atomic E-state index is 5.65. The van der Waals surface area contributed by atoms with Crippen LogP contribution in [-0.2, 0) is 14.2 Å². The fourth-order valence-electron chi connectivity index (χ4n) is 1.97. The van der Waals surface area contributed by atoms with Gasteiger partial charge in [0.2, 0.25) is 0 Å². The van der Waals surface area contributed by atoms with E-state index in [9.17, 15) is 0 Å². The molecule has 0 aromatic heterocycles. The SMILES string of the molecule is CC(C)(C)N1CCOCCNCCOCCOCC1. The van der Waals surface area contributed by atoms with Crippen molar-refractivity contribution in [2.24, 2.45) is 0 Å². The van der Waals surface area contributed by atoms with Gasteiger partial charge in [-0.25, -0.2) is 0 Å². The zero-order valence-corrected chi connectivity index (χ0v) is 12.7. The van der Waals surface area contributed by atoms with Gasteiger partial charge < -0.3 is 19.5 Å². The molecule has 1 N–H and O–H groups in total. The van der Waals surface area contributed by atoms with Crippen LogP contribution in [0.3, 0.4) is 0 Å². The molecule has 0 bridgehead atoms. The topological polar surface area (TPSA) is 43.0 Å². The summed E-state index contributed by atoms with van der Waals surface area (Å²) in [5.74, 6) is 0. The van der Waals surface area contributed by atoms with Crippen molar-refractivity contribution in [2.45, 2.75) is 26.3 Å². The van der Waals surface area contributed by atoms with E-state index in [1.807, 2.05) is 0 Å². The van der Waals surface area contributed by atoms with Gasteiger partial charge in [0.05, 0.1) is 39.6 Å². The van der Waals surface area contributed by atoms with Crippen molar-refractivity contribution < 1.29 is 14.2 Å². The predicted octanol–water partition coefficient (Wildman–Crippen LogP) is 0.740. The quantitative estimate of drug-likeness (QED) is 0.706. The lowest BCUT2D eigenvalue weighted by molar-refractivity contribution is 0.0188. The van der Waals surface area contributed by atoms with Crippen molar-refractivity contribution >= 4 is 0 Å².